The van der Waals surface area contributed by atoms with Crippen molar-refractivity contribution in [3.8, 4) is 0 Å². The van der Waals surface area contributed by atoms with Gasteiger partial charge in [0.05, 0.1) is 37.1 Å². The highest BCUT2D eigenvalue weighted by atomic mass is 16.5. The van der Waals surface area contributed by atoms with Crippen molar-refractivity contribution >= 4 is 11.9 Å². The lowest BCUT2D eigenvalue weighted by atomic mass is 10.2. The topological polar surface area (TPSA) is 93.5 Å². The first-order valence-electron chi connectivity index (χ1n) is 5.20. The van der Waals surface area contributed by atoms with Crippen molar-refractivity contribution in [3.05, 3.63) is 18.0 Å². The van der Waals surface area contributed by atoms with Crippen molar-refractivity contribution in [3.63, 3.8) is 0 Å². The molecule has 0 aliphatic carbocycles. The minimum Gasteiger partial charge on any atom is -0.478 e. The lowest BCUT2D eigenvalue weighted by Gasteiger charge is -2.18. The second-order valence-corrected chi connectivity index (χ2v) is 3.93. The van der Waals surface area contributed by atoms with Gasteiger partial charge in [-0.25, -0.2) is 4.79 Å². The van der Waals surface area contributed by atoms with Gasteiger partial charge in [-0.05, 0) is 0 Å². The third-order valence-electron chi connectivity index (χ3n) is 2.63. The Morgan fingerprint density at radius 2 is 2.35 bits per heavy atom. The van der Waals surface area contributed by atoms with E-state index in [0.29, 0.717) is 13.2 Å². The van der Waals surface area contributed by atoms with E-state index in [4.69, 9.17) is 9.84 Å². The van der Waals surface area contributed by atoms with E-state index in [1.807, 2.05) is 0 Å². The molecule has 7 nitrogen and oxygen atoms in total. The molecule has 0 aromatic carbocycles. The van der Waals surface area contributed by atoms with Gasteiger partial charge in [0.2, 0.25) is 5.91 Å². The van der Waals surface area contributed by atoms with E-state index >= 15 is 0 Å². The first-order valence-corrected chi connectivity index (χ1v) is 5.20. The number of hydrogen-bond donors (Lipinski definition) is 2. The molecule has 2 rings (SSSR count). The normalized spacial score (nSPS) is 23.6. The maximum atomic E-state index is 11.0. The van der Waals surface area contributed by atoms with E-state index < -0.39 is 5.97 Å². The van der Waals surface area contributed by atoms with Gasteiger partial charge in [-0.1, -0.05) is 0 Å². The van der Waals surface area contributed by atoms with Crippen LogP contribution in [0, 0.1) is 0 Å². The standard InChI is InChI=1S/C10H13N3O4/c1-6(14)12-8-4-17-5-9(8)13-3-7(2-11-13)10(15)16/h2-3,8-9H,4-5H2,1H3,(H,12,14)(H,15,16)/t8-,9+/m1/s1. The number of rotatable bonds is 3. The highest BCUT2D eigenvalue weighted by Crippen LogP contribution is 2.19. The molecule has 1 amide bonds. The van der Waals surface area contributed by atoms with Crippen molar-refractivity contribution in [1.82, 2.24) is 15.1 Å². The summed E-state index contributed by atoms with van der Waals surface area (Å²) in [5, 5.41) is 15.5. The van der Waals surface area contributed by atoms with E-state index in [1.165, 1.54) is 24.0 Å². The number of aromatic carboxylic acids is 1. The predicted molar refractivity (Wildman–Crippen MR) is 56.6 cm³/mol. The molecule has 1 saturated heterocycles. The Bertz CT molecular complexity index is 443. The number of ether oxygens (including phenoxy) is 1. The zero-order valence-electron chi connectivity index (χ0n) is 9.29. The third-order valence-corrected chi connectivity index (χ3v) is 2.63. The summed E-state index contributed by atoms with van der Waals surface area (Å²) in [6, 6.07) is -0.332. The second-order valence-electron chi connectivity index (χ2n) is 3.93. The molecule has 0 radical (unpaired) electrons. The zero-order chi connectivity index (χ0) is 12.4. The number of carbonyl (C=O) groups is 2. The number of aromatic nitrogens is 2. The summed E-state index contributed by atoms with van der Waals surface area (Å²) < 4.78 is 6.80. The second kappa shape index (κ2) is 4.54. The Balaban J connectivity index is 2.14. The Hall–Kier alpha value is -1.89. The summed E-state index contributed by atoms with van der Waals surface area (Å²) in [5.41, 5.74) is 0.124. The fourth-order valence-electron chi connectivity index (χ4n) is 1.83. The molecule has 1 fully saturated rings. The first-order chi connectivity index (χ1) is 8.08. The van der Waals surface area contributed by atoms with Gasteiger partial charge < -0.3 is 15.2 Å². The summed E-state index contributed by atoms with van der Waals surface area (Å²) in [6.45, 7) is 2.25. The Morgan fingerprint density at radius 3 is 2.94 bits per heavy atom. The van der Waals surface area contributed by atoms with Gasteiger partial charge in [-0.3, -0.25) is 9.48 Å². The summed E-state index contributed by atoms with van der Waals surface area (Å²) in [5.74, 6) is -1.16. The van der Waals surface area contributed by atoms with Crippen molar-refractivity contribution in [2.24, 2.45) is 0 Å². The molecule has 0 spiro atoms. The van der Waals surface area contributed by atoms with Crippen LogP contribution in [-0.4, -0.2) is 46.0 Å². The predicted octanol–water partition coefficient (Wildman–Crippen LogP) is -0.343. The molecule has 1 aliphatic rings. The quantitative estimate of drug-likeness (QED) is 0.752. The minimum absolute atomic E-state index is 0.124. The minimum atomic E-state index is -1.02. The van der Waals surface area contributed by atoms with Gasteiger partial charge >= 0.3 is 5.97 Å². The Morgan fingerprint density at radius 1 is 1.59 bits per heavy atom. The van der Waals surface area contributed by atoms with E-state index in [-0.39, 0.29) is 23.6 Å². The number of hydrogen-bond acceptors (Lipinski definition) is 4. The third kappa shape index (κ3) is 2.44. The molecular formula is C10H13N3O4. The van der Waals surface area contributed by atoms with Gasteiger partial charge in [-0.2, -0.15) is 5.10 Å². The largest absolute Gasteiger partial charge is 0.478 e. The molecule has 7 heteroatoms. The molecule has 0 bridgehead atoms. The molecule has 2 heterocycles. The van der Waals surface area contributed by atoms with Crippen LogP contribution in [0.5, 0.6) is 0 Å². The monoisotopic (exact) mass is 239 g/mol. The number of nitrogens with one attached hydrogen (secondary N) is 1. The number of carboxylic acid groups (broad SMARTS) is 1. The van der Waals surface area contributed by atoms with Gasteiger partial charge in [0.15, 0.2) is 0 Å². The lowest BCUT2D eigenvalue weighted by Crippen LogP contribution is -2.39. The van der Waals surface area contributed by atoms with Crippen LogP contribution in [0.3, 0.4) is 0 Å². The number of carboxylic acids is 1. The molecule has 2 atom stereocenters. The summed E-state index contributed by atoms with van der Waals surface area (Å²) in [4.78, 5) is 21.7. The van der Waals surface area contributed by atoms with E-state index in [0.717, 1.165) is 0 Å². The van der Waals surface area contributed by atoms with Crippen LogP contribution in [0.25, 0.3) is 0 Å². The number of nitrogens with zero attached hydrogens (tertiary/aromatic N) is 2. The maximum Gasteiger partial charge on any atom is 0.338 e. The van der Waals surface area contributed by atoms with Crippen LogP contribution in [0.15, 0.2) is 12.4 Å². The van der Waals surface area contributed by atoms with Crippen LogP contribution in [0.4, 0.5) is 0 Å². The van der Waals surface area contributed by atoms with Crippen LogP contribution < -0.4 is 5.32 Å². The van der Waals surface area contributed by atoms with Crippen LogP contribution in [-0.2, 0) is 9.53 Å². The van der Waals surface area contributed by atoms with Crippen molar-refractivity contribution in [2.45, 2.75) is 19.0 Å². The molecule has 1 aliphatic heterocycles. The molecule has 2 N–H and O–H groups in total. The molecule has 0 unspecified atom stereocenters. The zero-order valence-corrected chi connectivity index (χ0v) is 9.29. The van der Waals surface area contributed by atoms with Crippen LogP contribution >= 0.6 is 0 Å². The van der Waals surface area contributed by atoms with Crippen LogP contribution in [0.2, 0.25) is 0 Å². The van der Waals surface area contributed by atoms with Gasteiger partial charge in [0.25, 0.3) is 0 Å². The smallest absolute Gasteiger partial charge is 0.338 e. The first kappa shape index (κ1) is 11.6. The van der Waals surface area contributed by atoms with Crippen LogP contribution in [0.1, 0.15) is 23.3 Å². The van der Waals surface area contributed by atoms with E-state index in [9.17, 15) is 9.59 Å². The average molecular weight is 239 g/mol. The molecular weight excluding hydrogens is 226 g/mol. The van der Waals surface area contributed by atoms with Gasteiger partial charge in [0.1, 0.15) is 0 Å². The summed E-state index contributed by atoms with van der Waals surface area (Å²) in [6.07, 6.45) is 2.72. The number of amides is 1. The van der Waals surface area contributed by atoms with E-state index in [1.54, 1.807) is 0 Å². The highest BCUT2D eigenvalue weighted by Gasteiger charge is 2.31. The Kier molecular flexibility index (Phi) is 3.10. The highest BCUT2D eigenvalue weighted by molar-refractivity contribution is 5.86. The maximum absolute atomic E-state index is 11.0. The van der Waals surface area contributed by atoms with Crippen molar-refractivity contribution in [1.29, 1.82) is 0 Å². The molecule has 17 heavy (non-hydrogen) atoms. The fraction of sp³-hybridized carbons (Fsp3) is 0.500. The molecule has 1 aromatic rings. The van der Waals surface area contributed by atoms with Crippen molar-refractivity contribution < 1.29 is 19.4 Å². The molecule has 92 valence electrons. The van der Waals surface area contributed by atoms with E-state index in [2.05, 4.69) is 10.4 Å². The fourth-order valence-corrected chi connectivity index (χ4v) is 1.83. The average Bonchev–Trinajstić information content (AvgIpc) is 2.83. The summed E-state index contributed by atoms with van der Waals surface area (Å²) >= 11 is 0. The van der Waals surface area contributed by atoms with Crippen molar-refractivity contribution in [2.75, 3.05) is 13.2 Å². The van der Waals surface area contributed by atoms with Gasteiger partial charge in [-0.15, -0.1) is 0 Å². The molecule has 1 aromatic heterocycles. The summed E-state index contributed by atoms with van der Waals surface area (Å²) in [7, 11) is 0. The lowest BCUT2D eigenvalue weighted by molar-refractivity contribution is -0.119. The Labute approximate surface area is 97.4 Å². The molecule has 0 saturated carbocycles. The number of carbonyl (C=O) groups excluding carboxylic acids is 1. The SMILES string of the molecule is CC(=O)N[C@@H]1COC[C@@H]1n1cc(C(=O)O)cn1. The van der Waals surface area contributed by atoms with Gasteiger partial charge in [0, 0.05) is 13.1 Å².